The first-order chi connectivity index (χ1) is 19.5. The molecule has 0 amide bonds. The van der Waals surface area contributed by atoms with Gasteiger partial charge in [0.15, 0.2) is 10.9 Å². The monoisotopic (exact) mass is 575 g/mol. The smallest absolute Gasteiger partial charge is 0.161 e. The molecule has 214 valence electrons. The average Bonchev–Trinajstić information content (AvgIpc) is 2.93. The highest BCUT2D eigenvalue weighted by Gasteiger charge is 2.28. The first-order valence-corrected chi connectivity index (χ1v) is 14.7. The number of hydrogen-bond acceptors (Lipinski definition) is 6. The number of rotatable bonds is 8. The van der Waals surface area contributed by atoms with Gasteiger partial charge in [0.2, 0.25) is 0 Å². The van der Waals surface area contributed by atoms with E-state index < -0.39 is 10.9 Å². The van der Waals surface area contributed by atoms with Gasteiger partial charge in [0.1, 0.15) is 29.7 Å². The predicted octanol–water partition coefficient (Wildman–Crippen LogP) is 9.10. The van der Waals surface area contributed by atoms with Crippen LogP contribution in [0.25, 0.3) is 16.7 Å². The first-order valence-electron chi connectivity index (χ1n) is 13.2. The number of methoxy groups -OCH3 is 1. The molecule has 8 heteroatoms. The van der Waals surface area contributed by atoms with Gasteiger partial charge in [0.25, 0.3) is 0 Å². The zero-order valence-corrected chi connectivity index (χ0v) is 24.5. The fourth-order valence-electron chi connectivity index (χ4n) is 5.21. The van der Waals surface area contributed by atoms with Gasteiger partial charge < -0.3 is 19.0 Å². The van der Waals surface area contributed by atoms with Crippen molar-refractivity contribution in [3.8, 4) is 28.4 Å². The highest BCUT2D eigenvalue weighted by atomic mass is 32.3. The van der Waals surface area contributed by atoms with Gasteiger partial charge in [-0.15, -0.1) is 0 Å². The molecule has 0 fully saturated rings. The summed E-state index contributed by atoms with van der Waals surface area (Å²) in [5, 5.41) is 3.59. The van der Waals surface area contributed by atoms with Crippen LogP contribution in [0.15, 0.2) is 89.8 Å². The number of allylic oxidation sites excluding steroid dienone is 1. The standard InChI is InChI=1S/C33H34FNO5S/c1-21-11-12-23(34)17-30(21)39-20-28-26(15-16-29-32(28)22(2)19-33(3,4)35-29)27-14-13-24(18-31(27)38-5)40-41(36,37)25-9-7-6-8-10-25/h6-19,35-37H,20H2,1-5H3. The highest BCUT2D eigenvalue weighted by Crippen LogP contribution is 2.50. The van der Waals surface area contributed by atoms with Crippen LogP contribution in [0.4, 0.5) is 10.1 Å². The number of anilines is 1. The molecular weight excluding hydrogens is 541 g/mol. The van der Waals surface area contributed by atoms with Crippen LogP contribution in [0, 0.1) is 12.7 Å². The molecule has 4 aromatic rings. The van der Waals surface area contributed by atoms with E-state index in [-0.39, 0.29) is 28.6 Å². The van der Waals surface area contributed by atoms with E-state index in [1.807, 2.05) is 25.1 Å². The molecule has 0 unspecified atom stereocenters. The number of hydrogen-bond donors (Lipinski definition) is 3. The summed E-state index contributed by atoms with van der Waals surface area (Å²) in [6, 6.07) is 22.1. The molecule has 41 heavy (non-hydrogen) atoms. The van der Waals surface area contributed by atoms with Crippen molar-refractivity contribution >= 4 is 22.1 Å². The third-order valence-electron chi connectivity index (χ3n) is 6.99. The van der Waals surface area contributed by atoms with Crippen molar-refractivity contribution in [2.75, 3.05) is 12.4 Å². The molecular formula is C33H34FNO5S. The summed E-state index contributed by atoms with van der Waals surface area (Å²) in [7, 11) is -1.97. The quantitative estimate of drug-likeness (QED) is 0.194. The van der Waals surface area contributed by atoms with Gasteiger partial charge in [-0.2, -0.15) is 0 Å². The largest absolute Gasteiger partial charge is 0.496 e. The van der Waals surface area contributed by atoms with Crippen molar-refractivity contribution in [1.82, 2.24) is 0 Å². The zero-order valence-electron chi connectivity index (χ0n) is 23.7. The summed E-state index contributed by atoms with van der Waals surface area (Å²) in [6.07, 6.45) is 2.18. The molecule has 0 radical (unpaired) electrons. The Bertz CT molecular complexity index is 1620. The minimum atomic E-state index is -3.52. The maximum atomic E-state index is 14.0. The first kappa shape index (κ1) is 28.5. The van der Waals surface area contributed by atoms with Gasteiger partial charge in [-0.3, -0.25) is 9.11 Å². The predicted molar refractivity (Wildman–Crippen MR) is 163 cm³/mol. The molecule has 3 N–H and O–H groups in total. The summed E-state index contributed by atoms with van der Waals surface area (Å²) >= 11 is 0. The molecule has 0 spiro atoms. The van der Waals surface area contributed by atoms with Crippen LogP contribution in [0.2, 0.25) is 0 Å². The van der Waals surface area contributed by atoms with Crippen molar-refractivity contribution in [3.05, 3.63) is 107 Å². The lowest BCUT2D eigenvalue weighted by Gasteiger charge is -2.33. The Labute approximate surface area is 242 Å². The number of aryl methyl sites for hydroxylation is 1. The Morgan fingerprint density at radius 2 is 1.61 bits per heavy atom. The molecule has 4 aromatic carbocycles. The molecule has 6 nitrogen and oxygen atoms in total. The minimum absolute atomic E-state index is 0.187. The van der Waals surface area contributed by atoms with E-state index in [2.05, 4.69) is 32.2 Å². The second kappa shape index (κ2) is 11.1. The normalized spacial score (nSPS) is 14.4. The van der Waals surface area contributed by atoms with Crippen LogP contribution in [0.3, 0.4) is 0 Å². The van der Waals surface area contributed by atoms with Crippen molar-refractivity contribution in [2.45, 2.75) is 44.7 Å². The molecule has 0 saturated heterocycles. The van der Waals surface area contributed by atoms with Gasteiger partial charge in [-0.25, -0.2) is 4.39 Å². The van der Waals surface area contributed by atoms with E-state index in [9.17, 15) is 13.5 Å². The van der Waals surface area contributed by atoms with Crippen LogP contribution >= 0.6 is 10.9 Å². The molecule has 0 aliphatic carbocycles. The number of benzene rings is 4. The van der Waals surface area contributed by atoms with Crippen molar-refractivity contribution in [2.24, 2.45) is 0 Å². The molecule has 5 rings (SSSR count). The Hall–Kier alpha value is -3.98. The third kappa shape index (κ3) is 6.05. The lowest BCUT2D eigenvalue weighted by atomic mass is 9.85. The summed E-state index contributed by atoms with van der Waals surface area (Å²) in [5.41, 5.74) is 6.23. The second-order valence-electron chi connectivity index (χ2n) is 10.6. The number of nitrogens with one attached hydrogen (secondary N) is 1. The van der Waals surface area contributed by atoms with E-state index in [4.69, 9.17) is 13.7 Å². The maximum Gasteiger partial charge on any atom is 0.161 e. The highest BCUT2D eigenvalue weighted by molar-refractivity contribution is 8.20. The van der Waals surface area contributed by atoms with Crippen LogP contribution in [0.5, 0.6) is 17.2 Å². The Morgan fingerprint density at radius 3 is 2.34 bits per heavy atom. The van der Waals surface area contributed by atoms with Gasteiger partial charge in [-0.1, -0.05) is 36.4 Å². The summed E-state index contributed by atoms with van der Waals surface area (Å²) < 4.78 is 53.0. The second-order valence-corrected chi connectivity index (χ2v) is 12.3. The van der Waals surface area contributed by atoms with E-state index in [0.717, 1.165) is 39.1 Å². The number of fused-ring (bicyclic) bond motifs is 1. The lowest BCUT2D eigenvalue weighted by Crippen LogP contribution is -2.32. The zero-order chi connectivity index (χ0) is 29.4. The SMILES string of the molecule is COc1cc(OS(O)(O)c2ccccc2)ccc1-c1ccc2c(c1COc1cc(F)ccc1C)C(C)=CC(C)(C)N2. The van der Waals surface area contributed by atoms with E-state index in [0.29, 0.717) is 11.5 Å². The fraction of sp³-hybridized carbons (Fsp3) is 0.212. The lowest BCUT2D eigenvalue weighted by molar-refractivity contribution is 0.302. The Balaban J connectivity index is 1.58. The van der Waals surface area contributed by atoms with E-state index >= 15 is 0 Å². The van der Waals surface area contributed by atoms with Crippen molar-refractivity contribution in [1.29, 1.82) is 0 Å². The Kier molecular flexibility index (Phi) is 7.74. The van der Waals surface area contributed by atoms with Gasteiger partial charge in [0.05, 0.1) is 17.5 Å². The summed E-state index contributed by atoms with van der Waals surface area (Å²) in [4.78, 5) is 0.280. The average molecular weight is 576 g/mol. The van der Waals surface area contributed by atoms with Gasteiger partial charge in [0, 0.05) is 34.5 Å². The van der Waals surface area contributed by atoms with E-state index in [1.54, 1.807) is 55.6 Å². The van der Waals surface area contributed by atoms with Crippen molar-refractivity contribution < 1.29 is 27.2 Å². The molecule has 0 aromatic heterocycles. The maximum absolute atomic E-state index is 14.0. The number of ether oxygens (including phenoxy) is 2. The van der Waals surface area contributed by atoms with Crippen LogP contribution in [0.1, 0.15) is 37.5 Å². The van der Waals surface area contributed by atoms with Gasteiger partial charge >= 0.3 is 0 Å². The molecule has 1 heterocycles. The molecule has 0 atom stereocenters. The van der Waals surface area contributed by atoms with Crippen LogP contribution in [-0.4, -0.2) is 21.8 Å². The molecule has 0 bridgehead atoms. The minimum Gasteiger partial charge on any atom is -0.496 e. The Morgan fingerprint density at radius 1 is 0.878 bits per heavy atom. The summed E-state index contributed by atoms with van der Waals surface area (Å²) in [5.74, 6) is 0.847. The van der Waals surface area contributed by atoms with Gasteiger partial charge in [-0.05, 0) is 80.8 Å². The topological polar surface area (TPSA) is 80.2 Å². The molecule has 1 aliphatic heterocycles. The fourth-order valence-corrected chi connectivity index (χ4v) is 6.19. The number of halogens is 1. The van der Waals surface area contributed by atoms with Crippen LogP contribution < -0.4 is 19.0 Å². The molecule has 0 saturated carbocycles. The van der Waals surface area contributed by atoms with Crippen LogP contribution in [-0.2, 0) is 6.61 Å². The summed E-state index contributed by atoms with van der Waals surface area (Å²) in [6.45, 7) is 8.37. The van der Waals surface area contributed by atoms with E-state index in [1.165, 1.54) is 12.1 Å². The third-order valence-corrected chi connectivity index (χ3v) is 8.30. The molecule has 1 aliphatic rings. The van der Waals surface area contributed by atoms with Crippen molar-refractivity contribution in [3.63, 3.8) is 0 Å².